The van der Waals surface area contributed by atoms with E-state index in [-0.39, 0.29) is 48.7 Å². The van der Waals surface area contributed by atoms with E-state index in [1.807, 2.05) is 37.4 Å². The van der Waals surface area contributed by atoms with Crippen LogP contribution in [0.3, 0.4) is 0 Å². The van der Waals surface area contributed by atoms with Crippen molar-refractivity contribution in [1.29, 1.82) is 0 Å². The van der Waals surface area contributed by atoms with E-state index in [1.54, 1.807) is 17.0 Å². The Morgan fingerprint density at radius 2 is 1.90 bits per heavy atom. The van der Waals surface area contributed by atoms with Crippen LogP contribution in [0.15, 0.2) is 59.1 Å². The molecule has 1 aliphatic heterocycles. The Bertz CT molecular complexity index is 1350. The van der Waals surface area contributed by atoms with Crippen LogP contribution in [0.1, 0.15) is 25.3 Å². The molecule has 1 atom stereocenters. The van der Waals surface area contributed by atoms with Gasteiger partial charge in [0.2, 0.25) is 18.2 Å². The van der Waals surface area contributed by atoms with E-state index >= 15 is 0 Å². The normalized spacial score (nSPS) is 14.4. The van der Waals surface area contributed by atoms with Gasteiger partial charge < -0.3 is 14.3 Å². The number of likely N-dealkylation sites (N-methyl/N-ethyl adjacent to an activating group) is 1. The van der Waals surface area contributed by atoms with E-state index in [4.69, 9.17) is 21.0 Å². The van der Waals surface area contributed by atoms with Crippen molar-refractivity contribution < 1.29 is 28.1 Å². The first-order chi connectivity index (χ1) is 20.3. The molecule has 0 spiro atoms. The minimum absolute atomic E-state index is 0.0407. The number of anilines is 1. The minimum atomic E-state index is -0.690. The molecule has 224 valence electrons. The van der Waals surface area contributed by atoms with E-state index < -0.39 is 11.9 Å². The second kappa shape index (κ2) is 14.9. The van der Waals surface area contributed by atoms with Crippen molar-refractivity contribution in [3.63, 3.8) is 0 Å². The summed E-state index contributed by atoms with van der Waals surface area (Å²) in [6.07, 6.45) is 0.804. The maximum absolute atomic E-state index is 14.0. The SMILES string of the molecule is CC(=O)N(NCc1cccc(F)c1Cl)[C@@H](CCC(=O)N1CCN(C)CC1)CON(C=O)c1cc(-c2ccccc2)no1. The van der Waals surface area contributed by atoms with Gasteiger partial charge in [0, 0.05) is 57.7 Å². The van der Waals surface area contributed by atoms with Crippen LogP contribution in [0.5, 0.6) is 0 Å². The third-order valence-corrected chi connectivity index (χ3v) is 7.43. The first kappa shape index (κ1) is 31.1. The third-order valence-electron chi connectivity index (χ3n) is 7.01. The Kier molecular flexibility index (Phi) is 11.0. The van der Waals surface area contributed by atoms with Crippen LogP contribution in [0, 0.1) is 5.82 Å². The number of nitrogens with one attached hydrogen (secondary N) is 1. The lowest BCUT2D eigenvalue weighted by molar-refractivity contribution is -0.140. The van der Waals surface area contributed by atoms with E-state index in [9.17, 15) is 18.8 Å². The first-order valence-corrected chi connectivity index (χ1v) is 14.0. The summed E-state index contributed by atoms with van der Waals surface area (Å²) in [6, 6.07) is 14.6. The van der Waals surface area contributed by atoms with Gasteiger partial charge in [-0.15, -0.1) is 0 Å². The summed E-state index contributed by atoms with van der Waals surface area (Å²) >= 11 is 6.11. The molecule has 0 bridgehead atoms. The van der Waals surface area contributed by atoms with Crippen molar-refractivity contribution in [2.24, 2.45) is 0 Å². The predicted octanol–water partition coefficient (Wildman–Crippen LogP) is 3.50. The summed E-state index contributed by atoms with van der Waals surface area (Å²) in [5.74, 6) is -0.942. The number of amides is 3. The van der Waals surface area contributed by atoms with Crippen LogP contribution in [-0.2, 0) is 25.8 Å². The summed E-state index contributed by atoms with van der Waals surface area (Å²) in [6.45, 7) is 4.04. The molecule has 1 saturated heterocycles. The molecule has 1 aromatic heterocycles. The number of hydrazine groups is 1. The van der Waals surface area contributed by atoms with Crippen molar-refractivity contribution in [2.45, 2.75) is 32.4 Å². The van der Waals surface area contributed by atoms with Gasteiger partial charge in [0.25, 0.3) is 5.88 Å². The number of benzene rings is 2. The molecule has 3 amide bonds. The van der Waals surface area contributed by atoms with Crippen molar-refractivity contribution in [2.75, 3.05) is 44.9 Å². The van der Waals surface area contributed by atoms with Crippen LogP contribution < -0.4 is 10.5 Å². The molecule has 13 heteroatoms. The molecule has 0 unspecified atom stereocenters. The fourth-order valence-corrected chi connectivity index (χ4v) is 4.76. The number of rotatable bonds is 13. The summed E-state index contributed by atoms with van der Waals surface area (Å²) < 4.78 is 19.3. The highest BCUT2D eigenvalue weighted by atomic mass is 35.5. The first-order valence-electron chi connectivity index (χ1n) is 13.6. The van der Waals surface area contributed by atoms with Crippen LogP contribution in [0.25, 0.3) is 11.3 Å². The van der Waals surface area contributed by atoms with Gasteiger partial charge in [-0.1, -0.05) is 59.2 Å². The zero-order valence-electron chi connectivity index (χ0n) is 23.5. The zero-order chi connectivity index (χ0) is 30.1. The fraction of sp³-hybridized carbons (Fsp3) is 0.379. The van der Waals surface area contributed by atoms with Crippen LogP contribution in [0.4, 0.5) is 10.3 Å². The van der Waals surface area contributed by atoms with E-state index in [1.165, 1.54) is 24.1 Å². The largest absolute Gasteiger partial charge is 0.340 e. The van der Waals surface area contributed by atoms with Gasteiger partial charge >= 0.3 is 0 Å². The van der Waals surface area contributed by atoms with Gasteiger partial charge in [-0.2, -0.15) is 5.06 Å². The summed E-state index contributed by atoms with van der Waals surface area (Å²) in [5.41, 5.74) is 4.75. The smallest absolute Gasteiger partial charge is 0.258 e. The highest BCUT2D eigenvalue weighted by molar-refractivity contribution is 6.31. The molecule has 42 heavy (non-hydrogen) atoms. The number of piperazine rings is 1. The topological polar surface area (TPSA) is 111 Å². The number of aromatic nitrogens is 1. The Hall–Kier alpha value is -3.84. The van der Waals surface area contributed by atoms with Gasteiger partial charge in [0.05, 0.1) is 17.7 Å². The molecule has 0 aliphatic carbocycles. The standard InChI is InChI=1S/C29H34ClFN6O5/c1-21(39)37(32-18-23-9-6-10-25(31)29(23)30)24(11-12-27(40)35-15-13-34(2)14-16-35)19-41-36(20-38)28-17-26(33-42-28)22-7-4-3-5-8-22/h3-10,17,20,24,32H,11-16,18-19H2,1-2H3/t24-/m0/s1. The minimum Gasteiger partial charge on any atom is -0.340 e. The van der Waals surface area contributed by atoms with E-state index in [2.05, 4.69) is 15.5 Å². The molecule has 11 nitrogen and oxygen atoms in total. The number of hydroxylamine groups is 1. The van der Waals surface area contributed by atoms with Crippen LogP contribution >= 0.6 is 11.6 Å². The average molecular weight is 601 g/mol. The molecule has 2 heterocycles. The number of hydrogen-bond acceptors (Lipinski definition) is 8. The van der Waals surface area contributed by atoms with Crippen molar-refractivity contribution in [3.8, 4) is 11.3 Å². The molecular weight excluding hydrogens is 567 g/mol. The fourth-order valence-electron chi connectivity index (χ4n) is 4.57. The predicted molar refractivity (Wildman–Crippen MR) is 154 cm³/mol. The van der Waals surface area contributed by atoms with Crippen molar-refractivity contribution in [3.05, 3.63) is 71.0 Å². The number of carbonyl (C=O) groups is 3. The monoisotopic (exact) mass is 600 g/mol. The van der Waals surface area contributed by atoms with Crippen LogP contribution in [0.2, 0.25) is 5.02 Å². The molecule has 4 rings (SSSR count). The zero-order valence-corrected chi connectivity index (χ0v) is 24.3. The van der Waals surface area contributed by atoms with Crippen molar-refractivity contribution in [1.82, 2.24) is 25.4 Å². The molecule has 1 fully saturated rings. The summed E-state index contributed by atoms with van der Waals surface area (Å²) in [7, 11) is 2.01. The highest BCUT2D eigenvalue weighted by Gasteiger charge is 2.27. The number of carbonyl (C=O) groups excluding carboxylic acids is 3. The van der Waals surface area contributed by atoms with E-state index in [0.29, 0.717) is 30.8 Å². The molecule has 0 radical (unpaired) electrons. The summed E-state index contributed by atoms with van der Waals surface area (Å²) in [5, 5.41) is 6.16. The molecule has 1 aliphatic rings. The Balaban J connectivity index is 1.48. The van der Waals surface area contributed by atoms with Crippen LogP contribution in [-0.4, -0.2) is 84.1 Å². The highest BCUT2D eigenvalue weighted by Crippen LogP contribution is 2.24. The van der Waals surface area contributed by atoms with Gasteiger partial charge in [-0.05, 0) is 25.1 Å². The van der Waals surface area contributed by atoms with Gasteiger partial charge in [0.15, 0.2) is 0 Å². The molecule has 1 N–H and O–H groups in total. The molecule has 3 aromatic rings. The summed E-state index contributed by atoms with van der Waals surface area (Å²) in [4.78, 5) is 47.5. The maximum Gasteiger partial charge on any atom is 0.258 e. The van der Waals surface area contributed by atoms with Gasteiger partial charge in [0.1, 0.15) is 11.5 Å². The average Bonchev–Trinajstić information content (AvgIpc) is 3.48. The molecule has 0 saturated carbocycles. The lowest BCUT2D eigenvalue weighted by Gasteiger charge is -2.34. The number of nitrogens with zero attached hydrogens (tertiary/aromatic N) is 5. The maximum atomic E-state index is 14.0. The Morgan fingerprint density at radius 1 is 1.17 bits per heavy atom. The number of hydrogen-bond donors (Lipinski definition) is 1. The lowest BCUT2D eigenvalue weighted by atomic mass is 10.1. The van der Waals surface area contributed by atoms with Crippen molar-refractivity contribution >= 4 is 35.7 Å². The van der Waals surface area contributed by atoms with Gasteiger partial charge in [-0.3, -0.25) is 24.2 Å². The molecule has 2 aromatic carbocycles. The van der Waals surface area contributed by atoms with E-state index in [0.717, 1.165) is 23.7 Å². The van der Waals surface area contributed by atoms with Gasteiger partial charge in [-0.25, -0.2) is 9.82 Å². The molecular formula is C29H34ClFN6O5. The second-order valence-corrected chi connectivity index (χ2v) is 10.3. The quantitative estimate of drug-likeness (QED) is 0.234. The lowest BCUT2D eigenvalue weighted by Crippen LogP contribution is -2.52. The third kappa shape index (κ3) is 8.13. The number of halogens is 2. The Labute approximate surface area is 248 Å². The second-order valence-electron chi connectivity index (χ2n) is 9.96. The Morgan fingerprint density at radius 3 is 2.60 bits per heavy atom.